The summed E-state index contributed by atoms with van der Waals surface area (Å²) in [5.41, 5.74) is 7.81. The first-order valence-electron chi connectivity index (χ1n) is 7.08. The number of anilines is 1. The largest absolute Gasteiger partial charge is 0.508 e. The quantitative estimate of drug-likeness (QED) is 0.641. The van der Waals surface area contributed by atoms with Crippen LogP contribution in [0.25, 0.3) is 16.8 Å². The molecule has 3 rings (SSSR count). The summed E-state index contributed by atoms with van der Waals surface area (Å²) in [4.78, 5) is 22.1. The highest BCUT2D eigenvalue weighted by atomic mass is 16.3. The van der Waals surface area contributed by atoms with Crippen molar-refractivity contribution in [1.82, 2.24) is 9.78 Å². The molecule has 0 aliphatic rings. The fourth-order valence-corrected chi connectivity index (χ4v) is 2.35. The van der Waals surface area contributed by atoms with E-state index in [4.69, 9.17) is 5.73 Å². The van der Waals surface area contributed by atoms with Gasteiger partial charge in [0.25, 0.3) is 0 Å². The van der Waals surface area contributed by atoms with E-state index in [0.29, 0.717) is 12.0 Å². The van der Waals surface area contributed by atoms with Gasteiger partial charge in [-0.15, -0.1) is 0 Å². The molecule has 0 unspecified atom stereocenters. The fourth-order valence-electron chi connectivity index (χ4n) is 2.35. The number of hydrogen-bond acceptors (Lipinski definition) is 4. The molecule has 0 atom stereocenters. The number of rotatable bonds is 4. The van der Waals surface area contributed by atoms with Crippen molar-refractivity contribution in [1.29, 1.82) is 0 Å². The van der Waals surface area contributed by atoms with Crippen LogP contribution in [0.1, 0.15) is 10.5 Å². The monoisotopic (exact) mass is 322 g/mol. The minimum Gasteiger partial charge on any atom is -0.508 e. The lowest BCUT2D eigenvalue weighted by molar-refractivity contribution is 0.111. The maximum absolute atomic E-state index is 11.1. The lowest BCUT2D eigenvalue weighted by Gasteiger charge is -2.06. The van der Waals surface area contributed by atoms with Crippen LogP contribution < -0.4 is 11.1 Å². The van der Waals surface area contributed by atoms with Crippen molar-refractivity contribution in [2.75, 3.05) is 5.32 Å². The number of aromatic hydroxyl groups is 1. The number of nitrogens with two attached hydrogens (primary N) is 1. The zero-order valence-corrected chi connectivity index (χ0v) is 12.5. The molecule has 120 valence electrons. The third-order valence-electron chi connectivity index (χ3n) is 3.40. The van der Waals surface area contributed by atoms with E-state index in [-0.39, 0.29) is 17.1 Å². The highest BCUT2D eigenvalue weighted by Gasteiger charge is 2.11. The van der Waals surface area contributed by atoms with Crippen LogP contribution >= 0.6 is 0 Å². The standard InChI is InChI=1S/C17H14N4O3/c18-17(24)19-15-9-21(20-16(15)10-22)13-5-1-3-11(7-13)12-4-2-6-14(23)8-12/h1-10,23H,(H3,18,19,24). The van der Waals surface area contributed by atoms with Gasteiger partial charge >= 0.3 is 6.03 Å². The zero-order valence-electron chi connectivity index (χ0n) is 12.5. The molecular formula is C17H14N4O3. The number of urea groups is 1. The first kappa shape index (κ1) is 15.3. The number of primary amides is 1. The Morgan fingerprint density at radius 1 is 1.17 bits per heavy atom. The molecule has 1 heterocycles. The third-order valence-corrected chi connectivity index (χ3v) is 3.40. The van der Waals surface area contributed by atoms with Crippen LogP contribution in [-0.2, 0) is 0 Å². The number of amides is 2. The van der Waals surface area contributed by atoms with Gasteiger partial charge in [0.15, 0.2) is 6.29 Å². The number of phenols is 1. The maximum atomic E-state index is 11.1. The average Bonchev–Trinajstić information content (AvgIpc) is 2.97. The van der Waals surface area contributed by atoms with Gasteiger partial charge < -0.3 is 16.2 Å². The van der Waals surface area contributed by atoms with Gasteiger partial charge in [0.05, 0.1) is 17.6 Å². The van der Waals surface area contributed by atoms with E-state index >= 15 is 0 Å². The lowest BCUT2D eigenvalue weighted by Crippen LogP contribution is -2.19. The summed E-state index contributed by atoms with van der Waals surface area (Å²) in [6, 6.07) is 13.5. The van der Waals surface area contributed by atoms with E-state index in [9.17, 15) is 14.7 Å². The first-order chi connectivity index (χ1) is 11.6. The number of carbonyl (C=O) groups excluding carboxylic acids is 2. The Kier molecular flexibility index (Phi) is 3.98. The first-order valence-corrected chi connectivity index (χ1v) is 7.08. The van der Waals surface area contributed by atoms with Crippen LogP contribution in [-0.4, -0.2) is 27.2 Å². The molecule has 2 aromatic carbocycles. The number of nitrogens with one attached hydrogen (secondary N) is 1. The van der Waals surface area contributed by atoms with Crippen LogP contribution in [0, 0.1) is 0 Å². The molecule has 2 amide bonds. The molecular weight excluding hydrogens is 308 g/mol. The van der Waals surface area contributed by atoms with Crippen molar-refractivity contribution in [2.24, 2.45) is 5.73 Å². The third kappa shape index (κ3) is 3.09. The van der Waals surface area contributed by atoms with E-state index in [1.54, 1.807) is 18.2 Å². The minimum atomic E-state index is -0.772. The second-order valence-electron chi connectivity index (χ2n) is 5.08. The van der Waals surface area contributed by atoms with Gasteiger partial charge in [-0.25, -0.2) is 9.48 Å². The Balaban J connectivity index is 2.01. The number of nitrogens with zero attached hydrogens (tertiary/aromatic N) is 2. The van der Waals surface area contributed by atoms with Crippen molar-refractivity contribution < 1.29 is 14.7 Å². The maximum Gasteiger partial charge on any atom is 0.316 e. The van der Waals surface area contributed by atoms with Gasteiger partial charge in [-0.05, 0) is 35.4 Å². The molecule has 3 aromatic rings. The summed E-state index contributed by atoms with van der Waals surface area (Å²) < 4.78 is 1.47. The van der Waals surface area contributed by atoms with Gasteiger partial charge in [0, 0.05) is 0 Å². The molecule has 7 nitrogen and oxygen atoms in total. The summed E-state index contributed by atoms with van der Waals surface area (Å²) in [7, 11) is 0. The predicted molar refractivity (Wildman–Crippen MR) is 89.3 cm³/mol. The summed E-state index contributed by atoms with van der Waals surface area (Å²) in [6.07, 6.45) is 2.05. The molecule has 0 radical (unpaired) electrons. The van der Waals surface area contributed by atoms with E-state index in [1.807, 2.05) is 30.3 Å². The number of benzene rings is 2. The van der Waals surface area contributed by atoms with E-state index < -0.39 is 6.03 Å². The second-order valence-corrected chi connectivity index (χ2v) is 5.08. The van der Waals surface area contributed by atoms with E-state index in [0.717, 1.165) is 11.1 Å². The van der Waals surface area contributed by atoms with Crippen LogP contribution in [0.4, 0.5) is 10.5 Å². The molecule has 0 saturated carbocycles. The Labute approximate surface area is 137 Å². The molecule has 0 fully saturated rings. The van der Waals surface area contributed by atoms with Gasteiger partial charge in [-0.3, -0.25) is 4.79 Å². The Morgan fingerprint density at radius 2 is 1.88 bits per heavy atom. The number of aromatic nitrogens is 2. The van der Waals surface area contributed by atoms with Crippen LogP contribution in [0.2, 0.25) is 0 Å². The molecule has 24 heavy (non-hydrogen) atoms. The highest BCUT2D eigenvalue weighted by molar-refractivity contribution is 5.93. The molecule has 0 saturated heterocycles. The SMILES string of the molecule is NC(=O)Nc1cn(-c2cccc(-c3cccc(O)c3)c2)nc1C=O. The molecule has 0 aliphatic carbocycles. The van der Waals surface area contributed by atoms with Gasteiger partial charge in [-0.1, -0.05) is 24.3 Å². The molecule has 0 spiro atoms. The van der Waals surface area contributed by atoms with Crippen molar-refractivity contribution in [3.05, 3.63) is 60.4 Å². The molecule has 0 aliphatic heterocycles. The topological polar surface area (TPSA) is 110 Å². The number of aldehydes is 1. The predicted octanol–water partition coefficient (Wildman–Crippen LogP) is 2.55. The number of phenolic OH excluding ortho intramolecular Hbond substituents is 1. The zero-order chi connectivity index (χ0) is 17.1. The van der Waals surface area contributed by atoms with Crippen molar-refractivity contribution in [2.45, 2.75) is 0 Å². The molecule has 1 aromatic heterocycles. The smallest absolute Gasteiger partial charge is 0.316 e. The Bertz CT molecular complexity index is 918. The van der Waals surface area contributed by atoms with Crippen LogP contribution in [0.15, 0.2) is 54.7 Å². The number of carbonyl (C=O) groups is 2. The molecule has 0 bridgehead atoms. The summed E-state index contributed by atoms with van der Waals surface area (Å²) >= 11 is 0. The number of hydrogen-bond donors (Lipinski definition) is 3. The molecule has 7 heteroatoms. The summed E-state index contributed by atoms with van der Waals surface area (Å²) in [5.74, 6) is 0.174. The summed E-state index contributed by atoms with van der Waals surface area (Å²) in [5, 5.41) is 16.1. The normalized spacial score (nSPS) is 10.3. The van der Waals surface area contributed by atoms with Crippen molar-refractivity contribution in [3.63, 3.8) is 0 Å². The van der Waals surface area contributed by atoms with Crippen molar-refractivity contribution >= 4 is 18.0 Å². The Hall–Kier alpha value is -3.61. The fraction of sp³-hybridized carbons (Fsp3) is 0. The van der Waals surface area contributed by atoms with Crippen LogP contribution in [0.3, 0.4) is 0 Å². The average molecular weight is 322 g/mol. The van der Waals surface area contributed by atoms with E-state index in [2.05, 4.69) is 10.4 Å². The van der Waals surface area contributed by atoms with E-state index in [1.165, 1.54) is 10.9 Å². The van der Waals surface area contributed by atoms with Crippen molar-refractivity contribution in [3.8, 4) is 22.6 Å². The van der Waals surface area contributed by atoms with Gasteiger partial charge in [0.2, 0.25) is 0 Å². The van der Waals surface area contributed by atoms with Crippen LogP contribution in [0.5, 0.6) is 5.75 Å². The van der Waals surface area contributed by atoms with Gasteiger partial charge in [0.1, 0.15) is 11.4 Å². The minimum absolute atomic E-state index is 0.0801. The second kappa shape index (κ2) is 6.25. The molecule has 4 N–H and O–H groups in total. The Morgan fingerprint density at radius 3 is 2.54 bits per heavy atom. The lowest BCUT2D eigenvalue weighted by atomic mass is 10.0. The van der Waals surface area contributed by atoms with Gasteiger partial charge in [-0.2, -0.15) is 5.10 Å². The summed E-state index contributed by atoms with van der Waals surface area (Å²) in [6.45, 7) is 0. The highest BCUT2D eigenvalue weighted by Crippen LogP contribution is 2.25.